The zero-order chi connectivity index (χ0) is 17.6. The Bertz CT molecular complexity index is 826. The maximum Gasteiger partial charge on any atom is 0.251 e. The summed E-state index contributed by atoms with van der Waals surface area (Å²) in [5.41, 5.74) is 2.66. The Labute approximate surface area is 147 Å². The molecule has 0 radical (unpaired) electrons. The number of rotatable bonds is 6. The van der Waals surface area contributed by atoms with Crippen LogP contribution in [0, 0.1) is 6.92 Å². The van der Waals surface area contributed by atoms with Gasteiger partial charge in [-0.15, -0.1) is 10.2 Å². The fraction of sp³-hybridized carbons (Fsp3) is 0.250. The van der Waals surface area contributed by atoms with Crippen LogP contribution in [0.2, 0.25) is 0 Å². The van der Waals surface area contributed by atoms with Gasteiger partial charge in [0, 0.05) is 30.5 Å². The zero-order valence-corrected chi connectivity index (χ0v) is 14.4. The molecule has 0 aliphatic heterocycles. The SMILES string of the molecule is CC[C@@H](CNC(=O)c1ccc(-c2nnc(C)o2)cc1)c1ccccc1. The van der Waals surface area contributed by atoms with Gasteiger partial charge in [0.05, 0.1) is 0 Å². The molecule has 0 unspecified atom stereocenters. The summed E-state index contributed by atoms with van der Waals surface area (Å²) in [5.74, 6) is 1.20. The monoisotopic (exact) mass is 335 g/mol. The quantitative estimate of drug-likeness (QED) is 0.740. The molecule has 5 nitrogen and oxygen atoms in total. The number of amides is 1. The van der Waals surface area contributed by atoms with E-state index in [4.69, 9.17) is 4.42 Å². The van der Waals surface area contributed by atoms with Gasteiger partial charge in [0.1, 0.15) is 0 Å². The summed E-state index contributed by atoms with van der Waals surface area (Å²) in [4.78, 5) is 12.4. The predicted molar refractivity (Wildman–Crippen MR) is 96.3 cm³/mol. The van der Waals surface area contributed by atoms with E-state index in [0.29, 0.717) is 29.8 Å². The molecule has 0 saturated heterocycles. The molecule has 0 saturated carbocycles. The standard InChI is InChI=1S/C20H21N3O2/c1-3-15(16-7-5-4-6-8-16)13-21-19(24)17-9-11-18(12-10-17)20-23-22-14(2)25-20/h4-12,15H,3,13H2,1-2H3,(H,21,24)/t15-/m0/s1. The van der Waals surface area contributed by atoms with Gasteiger partial charge < -0.3 is 9.73 Å². The van der Waals surface area contributed by atoms with Crippen LogP contribution in [0.1, 0.15) is 41.1 Å². The summed E-state index contributed by atoms with van der Waals surface area (Å²) < 4.78 is 5.39. The van der Waals surface area contributed by atoms with Gasteiger partial charge >= 0.3 is 0 Å². The van der Waals surface area contributed by atoms with Crippen molar-refractivity contribution < 1.29 is 9.21 Å². The molecule has 3 rings (SSSR count). The van der Waals surface area contributed by atoms with Crippen molar-refractivity contribution in [1.29, 1.82) is 0 Å². The third kappa shape index (κ3) is 4.12. The second-order valence-electron chi connectivity index (χ2n) is 5.93. The van der Waals surface area contributed by atoms with Crippen LogP contribution in [0.4, 0.5) is 0 Å². The number of aromatic nitrogens is 2. The highest BCUT2D eigenvalue weighted by Crippen LogP contribution is 2.20. The highest BCUT2D eigenvalue weighted by Gasteiger charge is 2.13. The number of nitrogens with one attached hydrogen (secondary N) is 1. The summed E-state index contributed by atoms with van der Waals surface area (Å²) in [5, 5.41) is 10.8. The first-order valence-electron chi connectivity index (χ1n) is 8.41. The maximum absolute atomic E-state index is 12.4. The molecule has 1 atom stereocenters. The Balaban J connectivity index is 1.63. The largest absolute Gasteiger partial charge is 0.421 e. The predicted octanol–water partition coefficient (Wildman–Crippen LogP) is 3.97. The van der Waals surface area contributed by atoms with Crippen LogP contribution >= 0.6 is 0 Å². The Hall–Kier alpha value is -2.95. The van der Waals surface area contributed by atoms with E-state index >= 15 is 0 Å². The van der Waals surface area contributed by atoms with E-state index in [1.165, 1.54) is 5.56 Å². The van der Waals surface area contributed by atoms with Gasteiger partial charge in [0.15, 0.2) is 0 Å². The van der Waals surface area contributed by atoms with Crippen LogP contribution in [-0.4, -0.2) is 22.6 Å². The van der Waals surface area contributed by atoms with E-state index in [1.54, 1.807) is 19.1 Å². The minimum atomic E-state index is -0.0809. The van der Waals surface area contributed by atoms with E-state index < -0.39 is 0 Å². The third-order valence-corrected chi connectivity index (χ3v) is 4.19. The lowest BCUT2D eigenvalue weighted by Crippen LogP contribution is -2.28. The van der Waals surface area contributed by atoms with Gasteiger partial charge in [0.25, 0.3) is 5.91 Å². The summed E-state index contributed by atoms with van der Waals surface area (Å²) in [6.45, 7) is 4.49. The maximum atomic E-state index is 12.4. The molecule has 1 N–H and O–H groups in total. The van der Waals surface area contributed by atoms with Crippen molar-refractivity contribution in [1.82, 2.24) is 15.5 Å². The van der Waals surface area contributed by atoms with Crippen LogP contribution in [0.15, 0.2) is 59.0 Å². The number of carbonyl (C=O) groups excluding carboxylic acids is 1. The van der Waals surface area contributed by atoms with Gasteiger partial charge in [-0.1, -0.05) is 37.3 Å². The van der Waals surface area contributed by atoms with Crippen LogP contribution in [-0.2, 0) is 0 Å². The van der Waals surface area contributed by atoms with Crippen LogP contribution in [0.3, 0.4) is 0 Å². The zero-order valence-electron chi connectivity index (χ0n) is 14.4. The molecule has 1 amide bonds. The van der Waals surface area contributed by atoms with Crippen molar-refractivity contribution in [3.63, 3.8) is 0 Å². The number of hydrogen-bond donors (Lipinski definition) is 1. The number of carbonyl (C=O) groups is 1. The molecule has 0 aliphatic rings. The first kappa shape index (κ1) is 16.9. The number of benzene rings is 2. The van der Waals surface area contributed by atoms with Gasteiger partial charge in [-0.25, -0.2) is 0 Å². The van der Waals surface area contributed by atoms with Gasteiger partial charge in [-0.2, -0.15) is 0 Å². The van der Waals surface area contributed by atoms with E-state index in [9.17, 15) is 4.79 Å². The fourth-order valence-electron chi connectivity index (χ4n) is 2.72. The second-order valence-corrected chi connectivity index (χ2v) is 5.93. The summed E-state index contributed by atoms with van der Waals surface area (Å²) in [6, 6.07) is 17.4. The lowest BCUT2D eigenvalue weighted by atomic mass is 9.96. The Morgan fingerprint density at radius 3 is 2.40 bits per heavy atom. The molecule has 1 heterocycles. The molecule has 0 spiro atoms. The molecule has 0 aliphatic carbocycles. The molecule has 5 heteroatoms. The lowest BCUT2D eigenvalue weighted by molar-refractivity contribution is 0.0951. The molecule has 0 fully saturated rings. The van der Waals surface area contributed by atoms with Crippen LogP contribution in [0.5, 0.6) is 0 Å². The number of nitrogens with zero attached hydrogens (tertiary/aromatic N) is 2. The second kappa shape index (κ2) is 7.75. The fourth-order valence-corrected chi connectivity index (χ4v) is 2.72. The first-order chi connectivity index (χ1) is 12.2. The Morgan fingerprint density at radius 1 is 1.08 bits per heavy atom. The molecular formula is C20H21N3O2. The van der Waals surface area contributed by atoms with E-state index in [1.807, 2.05) is 30.3 Å². The minimum absolute atomic E-state index is 0.0809. The van der Waals surface area contributed by atoms with Crippen molar-refractivity contribution in [2.75, 3.05) is 6.54 Å². The number of hydrogen-bond acceptors (Lipinski definition) is 4. The van der Waals surface area contributed by atoms with Crippen LogP contribution in [0.25, 0.3) is 11.5 Å². The highest BCUT2D eigenvalue weighted by molar-refractivity contribution is 5.94. The minimum Gasteiger partial charge on any atom is -0.421 e. The molecule has 3 aromatic rings. The third-order valence-electron chi connectivity index (χ3n) is 4.19. The van der Waals surface area contributed by atoms with E-state index in [2.05, 4.69) is 34.6 Å². The average Bonchev–Trinajstić information content (AvgIpc) is 3.09. The molecule has 128 valence electrons. The highest BCUT2D eigenvalue weighted by atomic mass is 16.4. The van der Waals surface area contributed by atoms with E-state index in [0.717, 1.165) is 12.0 Å². The van der Waals surface area contributed by atoms with Gasteiger partial charge in [0.2, 0.25) is 11.8 Å². The van der Waals surface area contributed by atoms with Crippen molar-refractivity contribution in [3.8, 4) is 11.5 Å². The van der Waals surface area contributed by atoms with Crippen molar-refractivity contribution >= 4 is 5.91 Å². The first-order valence-corrected chi connectivity index (χ1v) is 8.41. The molecule has 1 aromatic heterocycles. The summed E-state index contributed by atoms with van der Waals surface area (Å²) >= 11 is 0. The van der Waals surface area contributed by atoms with Crippen LogP contribution < -0.4 is 5.32 Å². The van der Waals surface area contributed by atoms with Gasteiger partial charge in [-0.05, 0) is 36.2 Å². The Morgan fingerprint density at radius 2 is 1.80 bits per heavy atom. The van der Waals surface area contributed by atoms with Crippen molar-refractivity contribution in [3.05, 3.63) is 71.6 Å². The topological polar surface area (TPSA) is 68.0 Å². The summed E-state index contributed by atoms with van der Waals surface area (Å²) in [7, 11) is 0. The smallest absolute Gasteiger partial charge is 0.251 e. The molecule has 2 aromatic carbocycles. The average molecular weight is 335 g/mol. The normalized spacial score (nSPS) is 11.9. The van der Waals surface area contributed by atoms with Crippen molar-refractivity contribution in [2.45, 2.75) is 26.2 Å². The molecule has 0 bridgehead atoms. The number of aryl methyl sites for hydroxylation is 1. The Kier molecular flexibility index (Phi) is 5.23. The van der Waals surface area contributed by atoms with Gasteiger partial charge in [-0.3, -0.25) is 4.79 Å². The van der Waals surface area contributed by atoms with Crippen molar-refractivity contribution in [2.24, 2.45) is 0 Å². The molecular weight excluding hydrogens is 314 g/mol. The summed E-state index contributed by atoms with van der Waals surface area (Å²) in [6.07, 6.45) is 0.972. The van der Waals surface area contributed by atoms with E-state index in [-0.39, 0.29) is 5.91 Å². The molecule has 25 heavy (non-hydrogen) atoms. The lowest BCUT2D eigenvalue weighted by Gasteiger charge is -2.16.